The molecule has 1 aromatic rings. The van der Waals surface area contributed by atoms with Crippen LogP contribution in [-0.4, -0.2) is 18.5 Å². The quantitative estimate of drug-likeness (QED) is 0.849. The number of carbonyl (C=O) groups is 1. The van der Waals surface area contributed by atoms with Gasteiger partial charge in [-0.15, -0.1) is 0 Å². The first-order valence-electron chi connectivity index (χ1n) is 6.23. The van der Waals surface area contributed by atoms with E-state index in [1.807, 2.05) is 0 Å². The molecule has 0 radical (unpaired) electrons. The van der Waals surface area contributed by atoms with Gasteiger partial charge in [0.25, 0.3) is 0 Å². The lowest BCUT2D eigenvalue weighted by molar-refractivity contribution is -0.119. The minimum Gasteiger partial charge on any atom is -0.368 e. The van der Waals surface area contributed by atoms with E-state index < -0.39 is 0 Å². The van der Waals surface area contributed by atoms with Crippen LogP contribution in [-0.2, 0) is 4.79 Å². The highest BCUT2D eigenvalue weighted by Crippen LogP contribution is 2.30. The first-order chi connectivity index (χ1) is 8.11. The zero-order chi connectivity index (χ0) is 12.4. The molecule has 1 atom stereocenters. The van der Waals surface area contributed by atoms with Gasteiger partial charge in [-0.2, -0.15) is 0 Å². The molecule has 92 valence electrons. The van der Waals surface area contributed by atoms with E-state index in [1.54, 1.807) is 0 Å². The molecule has 2 rings (SSSR count). The van der Waals surface area contributed by atoms with Crippen molar-refractivity contribution in [3.05, 3.63) is 29.3 Å². The second-order valence-corrected chi connectivity index (χ2v) is 4.85. The molecule has 1 aliphatic heterocycles. The molecule has 1 aromatic carbocycles. The normalized spacial score (nSPS) is 20.4. The predicted molar refractivity (Wildman–Crippen MR) is 70.1 cm³/mol. The van der Waals surface area contributed by atoms with Crippen LogP contribution in [0, 0.1) is 13.8 Å². The van der Waals surface area contributed by atoms with E-state index in [9.17, 15) is 4.79 Å². The van der Waals surface area contributed by atoms with Crippen molar-refractivity contribution in [3.8, 4) is 0 Å². The average Bonchev–Trinajstić information content (AvgIpc) is 2.29. The number of carbonyl (C=O) groups excluding carboxylic acids is 1. The Morgan fingerprint density at radius 1 is 1.29 bits per heavy atom. The largest absolute Gasteiger partial charge is 0.368 e. The molecular weight excluding hydrogens is 212 g/mol. The van der Waals surface area contributed by atoms with Crippen molar-refractivity contribution in [1.82, 2.24) is 0 Å². The number of nitrogens with zero attached hydrogens (tertiary/aromatic N) is 1. The van der Waals surface area contributed by atoms with E-state index in [-0.39, 0.29) is 11.9 Å². The van der Waals surface area contributed by atoms with Crippen LogP contribution in [0.4, 0.5) is 5.69 Å². The number of benzene rings is 1. The number of amides is 1. The van der Waals surface area contributed by atoms with Gasteiger partial charge in [0.1, 0.15) is 6.04 Å². The highest BCUT2D eigenvalue weighted by molar-refractivity contribution is 5.84. The Kier molecular flexibility index (Phi) is 3.36. The number of rotatable bonds is 2. The van der Waals surface area contributed by atoms with Crippen molar-refractivity contribution in [2.45, 2.75) is 39.2 Å². The number of hydrogen-bond acceptors (Lipinski definition) is 2. The molecule has 0 spiro atoms. The fourth-order valence-electron chi connectivity index (χ4n) is 2.75. The lowest BCUT2D eigenvalue weighted by atomic mass is 9.98. The van der Waals surface area contributed by atoms with Crippen molar-refractivity contribution >= 4 is 11.6 Å². The predicted octanol–water partition coefficient (Wildman–Crippen LogP) is 2.15. The molecule has 17 heavy (non-hydrogen) atoms. The monoisotopic (exact) mass is 232 g/mol. The van der Waals surface area contributed by atoms with E-state index in [0.717, 1.165) is 25.8 Å². The van der Waals surface area contributed by atoms with Gasteiger partial charge in [-0.05, 0) is 44.2 Å². The van der Waals surface area contributed by atoms with Crippen LogP contribution in [0.5, 0.6) is 0 Å². The molecule has 1 heterocycles. The molecule has 1 saturated heterocycles. The highest BCUT2D eigenvalue weighted by Gasteiger charge is 2.28. The van der Waals surface area contributed by atoms with Gasteiger partial charge in [-0.25, -0.2) is 0 Å². The van der Waals surface area contributed by atoms with Crippen LogP contribution in [0.15, 0.2) is 18.2 Å². The summed E-state index contributed by atoms with van der Waals surface area (Å²) < 4.78 is 0. The van der Waals surface area contributed by atoms with Gasteiger partial charge in [0, 0.05) is 12.2 Å². The number of anilines is 1. The molecule has 3 heteroatoms. The van der Waals surface area contributed by atoms with Crippen LogP contribution in [0.25, 0.3) is 0 Å². The van der Waals surface area contributed by atoms with Crippen molar-refractivity contribution in [2.24, 2.45) is 5.73 Å². The van der Waals surface area contributed by atoms with E-state index in [1.165, 1.54) is 16.8 Å². The maximum Gasteiger partial charge on any atom is 0.240 e. The molecule has 3 nitrogen and oxygen atoms in total. The summed E-state index contributed by atoms with van der Waals surface area (Å²) in [6.45, 7) is 5.11. The number of nitrogens with two attached hydrogens (primary N) is 1. The Balaban J connectivity index is 2.39. The van der Waals surface area contributed by atoms with Crippen molar-refractivity contribution in [1.29, 1.82) is 0 Å². The first kappa shape index (κ1) is 12.0. The Bertz CT molecular complexity index is 408. The summed E-state index contributed by atoms with van der Waals surface area (Å²) in [6, 6.07) is 6.10. The summed E-state index contributed by atoms with van der Waals surface area (Å²) in [5.41, 5.74) is 9.15. The highest BCUT2D eigenvalue weighted by atomic mass is 16.1. The summed E-state index contributed by atoms with van der Waals surface area (Å²) in [4.78, 5) is 13.7. The van der Waals surface area contributed by atoms with E-state index in [0.29, 0.717) is 0 Å². The fraction of sp³-hybridized carbons (Fsp3) is 0.500. The number of para-hydroxylation sites is 1. The SMILES string of the molecule is Cc1cccc(C)c1N1CCCCC1C(N)=O. The van der Waals surface area contributed by atoms with Gasteiger partial charge in [0.05, 0.1) is 0 Å². The van der Waals surface area contributed by atoms with Gasteiger partial charge >= 0.3 is 0 Å². The molecule has 0 aromatic heterocycles. The van der Waals surface area contributed by atoms with Crippen molar-refractivity contribution in [2.75, 3.05) is 11.4 Å². The first-order valence-corrected chi connectivity index (χ1v) is 6.23. The van der Waals surface area contributed by atoms with E-state index in [4.69, 9.17) is 5.73 Å². The van der Waals surface area contributed by atoms with Gasteiger partial charge in [0.15, 0.2) is 0 Å². The number of aryl methyl sites for hydroxylation is 2. The molecule has 0 aliphatic carbocycles. The van der Waals surface area contributed by atoms with Crippen LogP contribution < -0.4 is 10.6 Å². The minimum absolute atomic E-state index is 0.136. The van der Waals surface area contributed by atoms with Gasteiger partial charge < -0.3 is 10.6 Å². The number of piperidine rings is 1. The smallest absolute Gasteiger partial charge is 0.240 e. The summed E-state index contributed by atoms with van der Waals surface area (Å²) >= 11 is 0. The van der Waals surface area contributed by atoms with Gasteiger partial charge in [0.2, 0.25) is 5.91 Å². The standard InChI is InChI=1S/C14H20N2O/c1-10-6-5-7-11(2)13(10)16-9-4-3-8-12(16)14(15)17/h5-7,12H,3-4,8-9H2,1-2H3,(H2,15,17). The Hall–Kier alpha value is -1.51. The number of primary amides is 1. The van der Waals surface area contributed by atoms with Gasteiger partial charge in [-0.3, -0.25) is 4.79 Å². The maximum atomic E-state index is 11.5. The van der Waals surface area contributed by atoms with Gasteiger partial charge in [-0.1, -0.05) is 18.2 Å². The van der Waals surface area contributed by atoms with E-state index in [2.05, 4.69) is 36.9 Å². The fourth-order valence-corrected chi connectivity index (χ4v) is 2.75. The summed E-state index contributed by atoms with van der Waals surface area (Å²) in [6.07, 6.45) is 3.11. The number of hydrogen-bond donors (Lipinski definition) is 1. The molecule has 0 bridgehead atoms. The molecule has 1 amide bonds. The average molecular weight is 232 g/mol. The molecule has 1 aliphatic rings. The molecular formula is C14H20N2O. The van der Waals surface area contributed by atoms with Crippen molar-refractivity contribution < 1.29 is 4.79 Å². The third kappa shape index (κ3) is 2.28. The van der Waals surface area contributed by atoms with Crippen molar-refractivity contribution in [3.63, 3.8) is 0 Å². The Labute approximate surface area is 103 Å². The van der Waals surface area contributed by atoms with E-state index >= 15 is 0 Å². The lowest BCUT2D eigenvalue weighted by Crippen LogP contribution is -2.48. The van der Waals surface area contributed by atoms with Crippen LogP contribution in [0.1, 0.15) is 30.4 Å². The topological polar surface area (TPSA) is 46.3 Å². The summed E-state index contributed by atoms with van der Waals surface area (Å²) in [7, 11) is 0. The summed E-state index contributed by atoms with van der Waals surface area (Å²) in [5, 5.41) is 0. The third-order valence-corrected chi connectivity index (χ3v) is 3.56. The zero-order valence-electron chi connectivity index (χ0n) is 10.6. The molecule has 0 saturated carbocycles. The maximum absolute atomic E-state index is 11.5. The zero-order valence-corrected chi connectivity index (χ0v) is 10.6. The minimum atomic E-state index is -0.202. The Morgan fingerprint density at radius 2 is 1.94 bits per heavy atom. The van der Waals surface area contributed by atoms with Crippen LogP contribution >= 0.6 is 0 Å². The second kappa shape index (κ2) is 4.78. The molecule has 1 fully saturated rings. The van der Waals surface area contributed by atoms with Crippen LogP contribution in [0.2, 0.25) is 0 Å². The molecule has 1 unspecified atom stereocenters. The van der Waals surface area contributed by atoms with Crippen LogP contribution in [0.3, 0.4) is 0 Å². The summed E-state index contributed by atoms with van der Waals surface area (Å²) in [5.74, 6) is -0.202. The molecule has 2 N–H and O–H groups in total. The Morgan fingerprint density at radius 3 is 2.53 bits per heavy atom. The second-order valence-electron chi connectivity index (χ2n) is 4.85. The third-order valence-electron chi connectivity index (χ3n) is 3.56. The lowest BCUT2D eigenvalue weighted by Gasteiger charge is -2.37.